The number of hydrogen-bond acceptors (Lipinski definition) is 3. The van der Waals surface area contributed by atoms with Gasteiger partial charge in [0.05, 0.1) is 5.69 Å². The highest BCUT2D eigenvalue weighted by molar-refractivity contribution is 5.10. The van der Waals surface area contributed by atoms with E-state index in [9.17, 15) is 0 Å². The Morgan fingerprint density at radius 2 is 2.06 bits per heavy atom. The third kappa shape index (κ3) is 4.07. The molecule has 2 unspecified atom stereocenters. The molecule has 0 amide bonds. The summed E-state index contributed by atoms with van der Waals surface area (Å²) < 4.78 is 0. The first-order valence-electron chi connectivity index (χ1n) is 6.96. The summed E-state index contributed by atoms with van der Waals surface area (Å²) in [5.74, 6) is 0. The van der Waals surface area contributed by atoms with E-state index in [0.717, 1.165) is 30.9 Å². The lowest BCUT2D eigenvalue weighted by molar-refractivity contribution is 0.168. The Hall–Kier alpha value is -0.930. The van der Waals surface area contributed by atoms with Crippen molar-refractivity contribution in [3.05, 3.63) is 29.6 Å². The van der Waals surface area contributed by atoms with Gasteiger partial charge in [-0.3, -0.25) is 9.88 Å². The summed E-state index contributed by atoms with van der Waals surface area (Å²) in [6.07, 6.45) is 1.15. The maximum absolute atomic E-state index is 4.59. The van der Waals surface area contributed by atoms with Crippen LogP contribution in [0.3, 0.4) is 0 Å². The standard InChI is InChI=1S/C15H27N3/c1-6-15(16-5)13(4)18(7-2)11-14-10-8-9-12(3)17-14/h8-10,13,15-16H,6-7,11H2,1-5H3. The van der Waals surface area contributed by atoms with Gasteiger partial charge in [-0.05, 0) is 46.0 Å². The van der Waals surface area contributed by atoms with Crippen LogP contribution in [0.4, 0.5) is 0 Å². The third-order valence-corrected chi connectivity index (χ3v) is 3.69. The van der Waals surface area contributed by atoms with E-state index in [2.05, 4.69) is 48.1 Å². The van der Waals surface area contributed by atoms with Crippen LogP contribution in [0.15, 0.2) is 18.2 Å². The van der Waals surface area contributed by atoms with Gasteiger partial charge in [0.15, 0.2) is 0 Å². The minimum Gasteiger partial charge on any atom is -0.315 e. The van der Waals surface area contributed by atoms with Gasteiger partial charge in [-0.25, -0.2) is 0 Å². The molecule has 0 spiro atoms. The summed E-state index contributed by atoms with van der Waals surface area (Å²) in [6.45, 7) is 10.8. The highest BCUT2D eigenvalue weighted by Gasteiger charge is 2.20. The highest BCUT2D eigenvalue weighted by Crippen LogP contribution is 2.11. The number of likely N-dealkylation sites (N-methyl/N-ethyl adjacent to an activating group) is 2. The second-order valence-electron chi connectivity index (χ2n) is 4.88. The Balaban J connectivity index is 2.72. The van der Waals surface area contributed by atoms with Crippen molar-refractivity contribution < 1.29 is 0 Å². The predicted octanol–water partition coefficient (Wildman–Crippen LogP) is 2.60. The average Bonchev–Trinajstić information content (AvgIpc) is 2.37. The lowest BCUT2D eigenvalue weighted by Gasteiger charge is -2.33. The van der Waals surface area contributed by atoms with Gasteiger partial charge in [0, 0.05) is 24.3 Å². The van der Waals surface area contributed by atoms with E-state index in [0.29, 0.717) is 12.1 Å². The summed E-state index contributed by atoms with van der Waals surface area (Å²) in [5, 5.41) is 3.40. The molecule has 1 aromatic rings. The van der Waals surface area contributed by atoms with Crippen molar-refractivity contribution in [2.24, 2.45) is 0 Å². The lowest BCUT2D eigenvalue weighted by atomic mass is 10.1. The molecule has 0 aromatic carbocycles. The topological polar surface area (TPSA) is 28.2 Å². The van der Waals surface area contributed by atoms with Crippen molar-refractivity contribution in [3.63, 3.8) is 0 Å². The van der Waals surface area contributed by atoms with Crippen molar-refractivity contribution in [1.82, 2.24) is 15.2 Å². The zero-order valence-electron chi connectivity index (χ0n) is 12.4. The van der Waals surface area contributed by atoms with Crippen molar-refractivity contribution in [2.45, 2.75) is 52.7 Å². The molecule has 1 N–H and O–H groups in total. The van der Waals surface area contributed by atoms with Crippen LogP contribution in [-0.2, 0) is 6.54 Å². The molecule has 2 atom stereocenters. The maximum atomic E-state index is 4.59. The fourth-order valence-electron chi connectivity index (χ4n) is 2.48. The van der Waals surface area contributed by atoms with Crippen LogP contribution >= 0.6 is 0 Å². The molecule has 3 nitrogen and oxygen atoms in total. The number of rotatable bonds is 7. The van der Waals surface area contributed by atoms with Crippen molar-refractivity contribution in [3.8, 4) is 0 Å². The zero-order chi connectivity index (χ0) is 13.5. The molecular formula is C15H27N3. The van der Waals surface area contributed by atoms with Gasteiger partial charge in [-0.15, -0.1) is 0 Å². The van der Waals surface area contributed by atoms with Gasteiger partial charge in [0.25, 0.3) is 0 Å². The van der Waals surface area contributed by atoms with Gasteiger partial charge in [0.1, 0.15) is 0 Å². The Labute approximate surface area is 112 Å². The summed E-state index contributed by atoms with van der Waals surface area (Å²) in [7, 11) is 2.05. The second kappa shape index (κ2) is 7.49. The molecule has 0 saturated heterocycles. The molecule has 0 radical (unpaired) electrons. The zero-order valence-corrected chi connectivity index (χ0v) is 12.4. The van der Waals surface area contributed by atoms with Gasteiger partial charge in [-0.1, -0.05) is 19.9 Å². The highest BCUT2D eigenvalue weighted by atomic mass is 15.2. The Kier molecular flexibility index (Phi) is 6.30. The molecule has 0 aliphatic rings. The van der Waals surface area contributed by atoms with E-state index in [1.54, 1.807) is 0 Å². The molecule has 1 rings (SSSR count). The molecule has 102 valence electrons. The minimum atomic E-state index is 0.521. The van der Waals surface area contributed by atoms with Crippen LogP contribution in [0.25, 0.3) is 0 Å². The molecule has 1 aromatic heterocycles. The first-order chi connectivity index (χ1) is 8.62. The molecule has 18 heavy (non-hydrogen) atoms. The van der Waals surface area contributed by atoms with E-state index < -0.39 is 0 Å². The minimum absolute atomic E-state index is 0.521. The van der Waals surface area contributed by atoms with Crippen LogP contribution in [0, 0.1) is 6.92 Å². The number of pyridine rings is 1. The summed E-state index contributed by atoms with van der Waals surface area (Å²) >= 11 is 0. The second-order valence-corrected chi connectivity index (χ2v) is 4.88. The number of aromatic nitrogens is 1. The summed E-state index contributed by atoms with van der Waals surface area (Å²) in [4.78, 5) is 7.07. The lowest BCUT2D eigenvalue weighted by Crippen LogP contribution is -2.46. The Bertz CT molecular complexity index is 347. The molecule has 0 fully saturated rings. The maximum Gasteiger partial charge on any atom is 0.0547 e. The fourth-order valence-corrected chi connectivity index (χ4v) is 2.48. The number of nitrogens with one attached hydrogen (secondary N) is 1. The first kappa shape index (κ1) is 15.1. The van der Waals surface area contributed by atoms with Gasteiger partial charge in [-0.2, -0.15) is 0 Å². The predicted molar refractivity (Wildman–Crippen MR) is 77.7 cm³/mol. The van der Waals surface area contributed by atoms with Crippen molar-refractivity contribution in [1.29, 1.82) is 0 Å². The van der Waals surface area contributed by atoms with E-state index >= 15 is 0 Å². The molecule has 0 aliphatic heterocycles. The number of aryl methyl sites for hydroxylation is 1. The van der Waals surface area contributed by atoms with Crippen molar-refractivity contribution >= 4 is 0 Å². The van der Waals surface area contributed by atoms with E-state index in [-0.39, 0.29) is 0 Å². The summed E-state index contributed by atoms with van der Waals surface area (Å²) in [6, 6.07) is 7.31. The molecular weight excluding hydrogens is 222 g/mol. The molecule has 0 bridgehead atoms. The normalized spacial score (nSPS) is 14.8. The molecule has 0 saturated carbocycles. The third-order valence-electron chi connectivity index (χ3n) is 3.69. The van der Waals surface area contributed by atoms with E-state index in [1.165, 1.54) is 0 Å². The Morgan fingerprint density at radius 3 is 2.56 bits per heavy atom. The monoisotopic (exact) mass is 249 g/mol. The van der Waals surface area contributed by atoms with E-state index in [1.807, 2.05) is 20.0 Å². The quantitative estimate of drug-likeness (QED) is 0.805. The number of hydrogen-bond donors (Lipinski definition) is 1. The van der Waals surface area contributed by atoms with Crippen molar-refractivity contribution in [2.75, 3.05) is 13.6 Å². The smallest absolute Gasteiger partial charge is 0.0547 e. The van der Waals surface area contributed by atoms with E-state index in [4.69, 9.17) is 0 Å². The van der Waals surface area contributed by atoms with Gasteiger partial charge >= 0.3 is 0 Å². The van der Waals surface area contributed by atoms with Crippen LogP contribution in [-0.4, -0.2) is 35.6 Å². The molecule has 3 heteroatoms. The largest absolute Gasteiger partial charge is 0.315 e. The molecule has 0 aliphatic carbocycles. The van der Waals surface area contributed by atoms with Crippen LogP contribution in [0.2, 0.25) is 0 Å². The van der Waals surface area contributed by atoms with Crippen LogP contribution in [0.1, 0.15) is 38.6 Å². The van der Waals surface area contributed by atoms with Gasteiger partial charge < -0.3 is 5.32 Å². The average molecular weight is 249 g/mol. The Morgan fingerprint density at radius 1 is 1.33 bits per heavy atom. The van der Waals surface area contributed by atoms with Crippen LogP contribution in [0.5, 0.6) is 0 Å². The molecule has 1 heterocycles. The van der Waals surface area contributed by atoms with Gasteiger partial charge in [0.2, 0.25) is 0 Å². The SMILES string of the molecule is CCC(NC)C(C)N(CC)Cc1cccc(C)n1. The summed E-state index contributed by atoms with van der Waals surface area (Å²) in [5.41, 5.74) is 2.26. The van der Waals surface area contributed by atoms with Crippen LogP contribution < -0.4 is 5.32 Å². The first-order valence-corrected chi connectivity index (χ1v) is 6.96. The fraction of sp³-hybridized carbons (Fsp3) is 0.667. The number of nitrogens with zero attached hydrogens (tertiary/aromatic N) is 2.